The van der Waals surface area contributed by atoms with Crippen molar-refractivity contribution < 1.29 is 9.59 Å². The molecular weight excluding hydrogens is 268 g/mol. The molecule has 114 valence electrons. The van der Waals surface area contributed by atoms with Gasteiger partial charge in [0, 0.05) is 45.3 Å². The lowest BCUT2D eigenvalue weighted by atomic mass is 10.2. The van der Waals surface area contributed by atoms with E-state index in [9.17, 15) is 9.59 Å². The highest BCUT2D eigenvalue weighted by atomic mass is 16.2. The molecule has 0 saturated carbocycles. The summed E-state index contributed by atoms with van der Waals surface area (Å²) in [7, 11) is 0. The number of nitrogens with one attached hydrogen (secondary N) is 1. The Bertz CT molecular complexity index is 501. The van der Waals surface area contributed by atoms with E-state index in [1.807, 2.05) is 24.3 Å². The van der Waals surface area contributed by atoms with E-state index in [0.717, 1.165) is 17.7 Å². The predicted molar refractivity (Wildman–Crippen MR) is 81.8 cm³/mol. The van der Waals surface area contributed by atoms with Gasteiger partial charge in [0.2, 0.25) is 5.91 Å². The molecule has 1 aliphatic heterocycles. The van der Waals surface area contributed by atoms with Gasteiger partial charge in [-0.15, -0.1) is 0 Å². The van der Waals surface area contributed by atoms with Gasteiger partial charge in [0.1, 0.15) is 0 Å². The van der Waals surface area contributed by atoms with E-state index >= 15 is 0 Å². The molecule has 21 heavy (non-hydrogen) atoms. The lowest BCUT2D eigenvalue weighted by Crippen LogP contribution is -2.38. The van der Waals surface area contributed by atoms with Crippen LogP contribution in [0.5, 0.6) is 0 Å². The van der Waals surface area contributed by atoms with E-state index in [2.05, 4.69) is 5.32 Å². The molecule has 0 atom stereocenters. The van der Waals surface area contributed by atoms with E-state index in [1.54, 1.807) is 16.7 Å². The van der Waals surface area contributed by atoms with Crippen molar-refractivity contribution in [3.63, 3.8) is 0 Å². The quantitative estimate of drug-likeness (QED) is 0.860. The van der Waals surface area contributed by atoms with Gasteiger partial charge in [0.25, 0.3) is 0 Å². The second-order valence-electron chi connectivity index (χ2n) is 5.18. The Morgan fingerprint density at radius 3 is 2.33 bits per heavy atom. The van der Waals surface area contributed by atoms with E-state index in [4.69, 9.17) is 5.73 Å². The summed E-state index contributed by atoms with van der Waals surface area (Å²) in [5.74, 6) is 0.0645. The average molecular weight is 290 g/mol. The van der Waals surface area contributed by atoms with Crippen molar-refractivity contribution in [3.8, 4) is 0 Å². The Morgan fingerprint density at radius 2 is 1.71 bits per heavy atom. The maximum absolute atomic E-state index is 12.2. The summed E-state index contributed by atoms with van der Waals surface area (Å²) in [4.78, 5) is 27.1. The van der Waals surface area contributed by atoms with Gasteiger partial charge in [-0.3, -0.25) is 4.79 Å². The third-order valence-electron chi connectivity index (χ3n) is 3.67. The third kappa shape index (κ3) is 4.19. The van der Waals surface area contributed by atoms with Gasteiger partial charge in [-0.2, -0.15) is 0 Å². The number of urea groups is 1. The van der Waals surface area contributed by atoms with E-state index in [1.165, 1.54) is 0 Å². The molecule has 6 heteroatoms. The van der Waals surface area contributed by atoms with Crippen molar-refractivity contribution in [2.45, 2.75) is 19.9 Å². The molecule has 1 aromatic rings. The summed E-state index contributed by atoms with van der Waals surface area (Å²) in [5.41, 5.74) is 7.33. The summed E-state index contributed by atoms with van der Waals surface area (Å²) < 4.78 is 0. The fraction of sp³-hybridized carbons (Fsp3) is 0.467. The summed E-state index contributed by atoms with van der Waals surface area (Å²) in [6, 6.07) is 7.37. The Morgan fingerprint density at radius 1 is 1.10 bits per heavy atom. The molecule has 1 fully saturated rings. The number of hydrogen-bond donors (Lipinski definition) is 2. The van der Waals surface area contributed by atoms with Gasteiger partial charge in [0.15, 0.2) is 0 Å². The van der Waals surface area contributed by atoms with Crippen LogP contribution in [0.4, 0.5) is 10.5 Å². The fourth-order valence-electron chi connectivity index (χ4n) is 2.36. The number of nitrogens with zero attached hydrogens (tertiary/aromatic N) is 2. The predicted octanol–water partition coefficient (Wildman–Crippen LogP) is 1.23. The molecule has 2 rings (SSSR count). The number of nitrogens with two attached hydrogens (primary N) is 1. The SMILES string of the molecule is CC(=O)N1CCCN(C(=O)Nc2ccc(CN)cc2)CC1. The second kappa shape index (κ2) is 7.08. The number of rotatable bonds is 2. The Hall–Kier alpha value is -2.08. The monoisotopic (exact) mass is 290 g/mol. The van der Waals surface area contributed by atoms with Gasteiger partial charge < -0.3 is 20.9 Å². The van der Waals surface area contributed by atoms with Crippen LogP contribution in [0.3, 0.4) is 0 Å². The zero-order valence-corrected chi connectivity index (χ0v) is 12.3. The van der Waals surface area contributed by atoms with Crippen LogP contribution in [0.15, 0.2) is 24.3 Å². The smallest absolute Gasteiger partial charge is 0.321 e. The maximum atomic E-state index is 12.2. The number of anilines is 1. The topological polar surface area (TPSA) is 78.7 Å². The fourth-order valence-corrected chi connectivity index (χ4v) is 2.36. The van der Waals surface area contributed by atoms with Crippen LogP contribution >= 0.6 is 0 Å². The molecule has 3 amide bonds. The van der Waals surface area contributed by atoms with Crippen LogP contribution in [0.25, 0.3) is 0 Å². The standard InChI is InChI=1S/C15H22N4O2/c1-12(20)18-7-2-8-19(10-9-18)15(21)17-14-5-3-13(11-16)4-6-14/h3-6H,2,7-11,16H2,1H3,(H,17,21). The number of amides is 3. The number of carbonyl (C=O) groups is 2. The second-order valence-corrected chi connectivity index (χ2v) is 5.18. The van der Waals surface area contributed by atoms with Gasteiger partial charge in [-0.25, -0.2) is 4.79 Å². The van der Waals surface area contributed by atoms with E-state index in [0.29, 0.717) is 32.7 Å². The molecule has 1 saturated heterocycles. The molecule has 0 unspecified atom stereocenters. The summed E-state index contributed by atoms with van der Waals surface area (Å²) in [6.45, 7) is 4.58. The first-order chi connectivity index (χ1) is 10.1. The summed E-state index contributed by atoms with van der Waals surface area (Å²) >= 11 is 0. The Balaban J connectivity index is 1.91. The first kappa shape index (κ1) is 15.3. The van der Waals surface area contributed by atoms with Crippen molar-refractivity contribution in [2.75, 3.05) is 31.5 Å². The molecule has 1 aliphatic rings. The first-order valence-corrected chi connectivity index (χ1v) is 7.20. The highest BCUT2D eigenvalue weighted by molar-refractivity contribution is 5.89. The average Bonchev–Trinajstić information content (AvgIpc) is 2.74. The lowest BCUT2D eigenvalue weighted by Gasteiger charge is -2.21. The zero-order valence-electron chi connectivity index (χ0n) is 12.3. The van der Waals surface area contributed by atoms with Crippen LogP contribution in [0.1, 0.15) is 18.9 Å². The van der Waals surface area contributed by atoms with Gasteiger partial charge >= 0.3 is 6.03 Å². The Kier molecular flexibility index (Phi) is 5.16. The summed E-state index contributed by atoms with van der Waals surface area (Å²) in [5, 5.41) is 2.88. The summed E-state index contributed by atoms with van der Waals surface area (Å²) in [6.07, 6.45) is 0.805. The number of benzene rings is 1. The van der Waals surface area contributed by atoms with Crippen molar-refractivity contribution in [2.24, 2.45) is 5.73 Å². The minimum Gasteiger partial charge on any atom is -0.341 e. The highest BCUT2D eigenvalue weighted by Crippen LogP contribution is 2.11. The first-order valence-electron chi connectivity index (χ1n) is 7.20. The third-order valence-corrected chi connectivity index (χ3v) is 3.67. The van der Waals surface area contributed by atoms with Crippen LogP contribution in [-0.4, -0.2) is 47.9 Å². The van der Waals surface area contributed by atoms with Crippen molar-refractivity contribution >= 4 is 17.6 Å². The van der Waals surface area contributed by atoms with Crippen LogP contribution < -0.4 is 11.1 Å². The number of hydrogen-bond acceptors (Lipinski definition) is 3. The van der Waals surface area contributed by atoms with Crippen LogP contribution in [0, 0.1) is 0 Å². The maximum Gasteiger partial charge on any atom is 0.321 e. The van der Waals surface area contributed by atoms with E-state index in [-0.39, 0.29) is 11.9 Å². The molecule has 0 aromatic heterocycles. The molecule has 0 radical (unpaired) electrons. The number of carbonyl (C=O) groups excluding carboxylic acids is 2. The highest BCUT2D eigenvalue weighted by Gasteiger charge is 2.20. The molecule has 3 N–H and O–H groups in total. The molecule has 0 aliphatic carbocycles. The van der Waals surface area contributed by atoms with Gasteiger partial charge in [0.05, 0.1) is 0 Å². The van der Waals surface area contributed by atoms with Crippen molar-refractivity contribution in [1.29, 1.82) is 0 Å². The van der Waals surface area contributed by atoms with Crippen molar-refractivity contribution in [3.05, 3.63) is 29.8 Å². The molecule has 0 bridgehead atoms. The van der Waals surface area contributed by atoms with Gasteiger partial charge in [-0.1, -0.05) is 12.1 Å². The minimum absolute atomic E-state index is 0.0645. The molecule has 1 aromatic carbocycles. The molecule has 1 heterocycles. The van der Waals surface area contributed by atoms with Crippen molar-refractivity contribution in [1.82, 2.24) is 9.80 Å². The molecular formula is C15H22N4O2. The Labute approximate surface area is 124 Å². The molecule has 6 nitrogen and oxygen atoms in total. The zero-order chi connectivity index (χ0) is 15.2. The van der Waals surface area contributed by atoms with Crippen LogP contribution in [0.2, 0.25) is 0 Å². The molecule has 0 spiro atoms. The minimum atomic E-state index is -0.124. The lowest BCUT2D eigenvalue weighted by molar-refractivity contribution is -0.128. The van der Waals surface area contributed by atoms with Gasteiger partial charge in [-0.05, 0) is 24.1 Å². The largest absolute Gasteiger partial charge is 0.341 e. The van der Waals surface area contributed by atoms with E-state index < -0.39 is 0 Å². The van der Waals surface area contributed by atoms with Crippen LogP contribution in [-0.2, 0) is 11.3 Å². The normalized spacial score (nSPS) is 15.5.